The lowest BCUT2D eigenvalue weighted by atomic mass is 10.1. The first-order valence-electron chi connectivity index (χ1n) is 8.61. The highest BCUT2D eigenvalue weighted by molar-refractivity contribution is 14.0. The quantitative estimate of drug-likeness (QED) is 0.240. The number of nitrogens with one attached hydrogen (secondary N) is 3. The number of nitrogens with zero attached hydrogens (tertiary/aromatic N) is 2. The largest absolute Gasteiger partial charge is 0.368 e. The molecule has 0 amide bonds. The second-order valence-electron chi connectivity index (χ2n) is 7.20. The van der Waals surface area contributed by atoms with Gasteiger partial charge in [0.25, 0.3) is 0 Å². The number of halogens is 2. The summed E-state index contributed by atoms with van der Waals surface area (Å²) in [4.78, 5) is 6.75. The van der Waals surface area contributed by atoms with Gasteiger partial charge in [-0.05, 0) is 55.3 Å². The third-order valence-corrected chi connectivity index (χ3v) is 4.69. The molecule has 5 nitrogen and oxygen atoms in total. The molecule has 25 heavy (non-hydrogen) atoms. The minimum atomic E-state index is 0. The molecule has 0 bridgehead atoms. The van der Waals surface area contributed by atoms with Gasteiger partial charge in [-0.2, -0.15) is 0 Å². The second-order valence-corrected chi connectivity index (χ2v) is 8.06. The van der Waals surface area contributed by atoms with Crippen molar-refractivity contribution in [3.8, 4) is 0 Å². The van der Waals surface area contributed by atoms with Crippen molar-refractivity contribution in [3.63, 3.8) is 0 Å². The van der Waals surface area contributed by atoms with Gasteiger partial charge in [-0.15, -0.1) is 24.0 Å². The molecule has 0 radical (unpaired) electrons. The van der Waals surface area contributed by atoms with Crippen molar-refractivity contribution >= 4 is 51.6 Å². The van der Waals surface area contributed by atoms with Gasteiger partial charge >= 0.3 is 0 Å². The van der Waals surface area contributed by atoms with E-state index < -0.39 is 0 Å². The number of aliphatic imine (C=N–C) groups is 1. The molecule has 2 rings (SSSR count). The zero-order valence-electron chi connectivity index (χ0n) is 15.6. The van der Waals surface area contributed by atoms with E-state index in [1.165, 1.54) is 5.69 Å². The lowest BCUT2D eigenvalue weighted by molar-refractivity contribution is 0.428. The van der Waals surface area contributed by atoms with Crippen molar-refractivity contribution in [2.45, 2.75) is 38.8 Å². The summed E-state index contributed by atoms with van der Waals surface area (Å²) in [6.07, 6.45) is 1.11. The van der Waals surface area contributed by atoms with E-state index in [0.29, 0.717) is 6.04 Å². The number of rotatable bonds is 5. The van der Waals surface area contributed by atoms with E-state index in [2.05, 4.69) is 86.8 Å². The molecule has 0 spiro atoms. The van der Waals surface area contributed by atoms with Crippen molar-refractivity contribution in [2.75, 3.05) is 38.1 Å². The predicted molar refractivity (Wildman–Crippen MR) is 122 cm³/mol. The molecule has 0 saturated carbocycles. The molecule has 1 aromatic carbocycles. The van der Waals surface area contributed by atoms with E-state index in [-0.39, 0.29) is 29.5 Å². The highest BCUT2D eigenvalue weighted by Gasteiger charge is 2.24. The monoisotopic (exact) mass is 523 g/mol. The molecule has 0 aromatic heterocycles. The fourth-order valence-electron chi connectivity index (χ4n) is 2.81. The minimum Gasteiger partial charge on any atom is -0.368 e. The SMILES string of the molecule is CN=C(NCCNC(C)(C)C)NC1CCN(c2ccccc2Br)C1.I. The molecule has 1 atom stereocenters. The van der Waals surface area contributed by atoms with Crippen LogP contribution in [0.5, 0.6) is 0 Å². The van der Waals surface area contributed by atoms with E-state index in [9.17, 15) is 0 Å². The molecule has 1 unspecified atom stereocenters. The second kappa shape index (κ2) is 10.6. The molecule has 1 aliphatic rings. The summed E-state index contributed by atoms with van der Waals surface area (Å²) < 4.78 is 1.15. The Morgan fingerprint density at radius 2 is 2.00 bits per heavy atom. The molecule has 142 valence electrons. The predicted octanol–water partition coefficient (Wildman–Crippen LogP) is 3.20. The van der Waals surface area contributed by atoms with Gasteiger partial charge in [0.05, 0.1) is 5.69 Å². The Kier molecular flexibility index (Phi) is 9.51. The van der Waals surface area contributed by atoms with Crippen LogP contribution < -0.4 is 20.9 Å². The van der Waals surface area contributed by atoms with Crippen LogP contribution in [0.4, 0.5) is 5.69 Å². The Morgan fingerprint density at radius 1 is 1.28 bits per heavy atom. The summed E-state index contributed by atoms with van der Waals surface area (Å²) in [5.74, 6) is 0.879. The number of hydrogen-bond acceptors (Lipinski definition) is 3. The van der Waals surface area contributed by atoms with Gasteiger partial charge in [-0.3, -0.25) is 4.99 Å². The zero-order valence-corrected chi connectivity index (χ0v) is 19.5. The van der Waals surface area contributed by atoms with Crippen LogP contribution in [0.1, 0.15) is 27.2 Å². The molecule has 0 aliphatic carbocycles. The summed E-state index contributed by atoms with van der Waals surface area (Å²) in [5.41, 5.74) is 1.41. The summed E-state index contributed by atoms with van der Waals surface area (Å²) in [5, 5.41) is 10.4. The third kappa shape index (κ3) is 7.70. The van der Waals surface area contributed by atoms with Crippen LogP contribution >= 0.6 is 39.9 Å². The number of benzene rings is 1. The van der Waals surface area contributed by atoms with Crippen LogP contribution in [-0.2, 0) is 0 Å². The lowest BCUT2D eigenvalue weighted by Gasteiger charge is -2.23. The fourth-order valence-corrected chi connectivity index (χ4v) is 3.35. The highest BCUT2D eigenvalue weighted by atomic mass is 127. The Morgan fingerprint density at radius 3 is 2.64 bits per heavy atom. The highest BCUT2D eigenvalue weighted by Crippen LogP contribution is 2.28. The molecule has 1 saturated heterocycles. The van der Waals surface area contributed by atoms with E-state index in [0.717, 1.165) is 43.0 Å². The normalized spacial score (nSPS) is 18.0. The lowest BCUT2D eigenvalue weighted by Crippen LogP contribution is -2.47. The third-order valence-electron chi connectivity index (χ3n) is 4.02. The number of hydrogen-bond donors (Lipinski definition) is 3. The molecular weight excluding hydrogens is 493 g/mol. The average Bonchev–Trinajstić information content (AvgIpc) is 2.98. The van der Waals surface area contributed by atoms with Gasteiger partial charge in [0.2, 0.25) is 0 Å². The van der Waals surface area contributed by atoms with Gasteiger partial charge in [-0.1, -0.05) is 12.1 Å². The summed E-state index contributed by atoms with van der Waals surface area (Å²) >= 11 is 3.64. The molecule has 7 heteroatoms. The molecule has 3 N–H and O–H groups in total. The smallest absolute Gasteiger partial charge is 0.191 e. The van der Waals surface area contributed by atoms with Gasteiger partial charge in [0, 0.05) is 49.3 Å². The van der Waals surface area contributed by atoms with Crippen molar-refractivity contribution in [2.24, 2.45) is 4.99 Å². The fraction of sp³-hybridized carbons (Fsp3) is 0.611. The maximum atomic E-state index is 4.34. The zero-order chi connectivity index (χ0) is 17.6. The van der Waals surface area contributed by atoms with E-state index in [1.54, 1.807) is 0 Å². The van der Waals surface area contributed by atoms with E-state index in [1.807, 2.05) is 7.05 Å². The van der Waals surface area contributed by atoms with E-state index in [4.69, 9.17) is 0 Å². The molecular formula is C18H31BrIN5. The Hall–Kier alpha value is -0.540. The van der Waals surface area contributed by atoms with Gasteiger partial charge < -0.3 is 20.9 Å². The first-order valence-corrected chi connectivity index (χ1v) is 9.40. The summed E-state index contributed by atoms with van der Waals surface area (Å²) in [7, 11) is 1.83. The molecule has 1 aromatic rings. The summed E-state index contributed by atoms with van der Waals surface area (Å²) in [6, 6.07) is 8.82. The average molecular weight is 524 g/mol. The van der Waals surface area contributed by atoms with Crippen molar-refractivity contribution in [1.82, 2.24) is 16.0 Å². The van der Waals surface area contributed by atoms with Crippen LogP contribution in [0.3, 0.4) is 0 Å². The van der Waals surface area contributed by atoms with Crippen LogP contribution in [0.25, 0.3) is 0 Å². The summed E-state index contributed by atoms with van der Waals surface area (Å²) in [6.45, 7) is 10.3. The van der Waals surface area contributed by atoms with Crippen LogP contribution in [0.2, 0.25) is 0 Å². The number of para-hydroxylation sites is 1. The van der Waals surface area contributed by atoms with Gasteiger partial charge in [0.1, 0.15) is 0 Å². The first kappa shape index (κ1) is 22.5. The van der Waals surface area contributed by atoms with Crippen molar-refractivity contribution < 1.29 is 0 Å². The van der Waals surface area contributed by atoms with Crippen LogP contribution in [0.15, 0.2) is 33.7 Å². The Balaban J connectivity index is 0.00000312. The topological polar surface area (TPSA) is 51.7 Å². The number of anilines is 1. The van der Waals surface area contributed by atoms with Crippen LogP contribution in [0, 0.1) is 0 Å². The standard InChI is InChI=1S/C18H30BrN5.HI/c1-18(2,3)22-11-10-21-17(20-4)23-14-9-12-24(13-14)16-8-6-5-7-15(16)19;/h5-8,14,22H,9-13H2,1-4H3,(H2,20,21,23);1H. The Bertz CT molecular complexity index is 559. The maximum Gasteiger partial charge on any atom is 0.191 e. The Labute approximate surface area is 177 Å². The molecule has 1 fully saturated rings. The maximum absolute atomic E-state index is 4.34. The van der Waals surface area contributed by atoms with Gasteiger partial charge in [-0.25, -0.2) is 0 Å². The minimum absolute atomic E-state index is 0. The van der Waals surface area contributed by atoms with Crippen molar-refractivity contribution in [3.05, 3.63) is 28.7 Å². The first-order chi connectivity index (χ1) is 11.4. The van der Waals surface area contributed by atoms with Crippen LogP contribution in [-0.4, -0.2) is 50.8 Å². The van der Waals surface area contributed by atoms with E-state index >= 15 is 0 Å². The van der Waals surface area contributed by atoms with Gasteiger partial charge in [0.15, 0.2) is 5.96 Å². The molecule has 1 heterocycles. The molecule has 1 aliphatic heterocycles. The van der Waals surface area contributed by atoms with Crippen molar-refractivity contribution in [1.29, 1.82) is 0 Å². The number of guanidine groups is 1.